The van der Waals surface area contributed by atoms with Gasteiger partial charge in [0.15, 0.2) is 0 Å². The Balaban J connectivity index is 2.67. The number of fused-ring (bicyclic) bond motifs is 1. The summed E-state index contributed by atoms with van der Waals surface area (Å²) in [6, 6.07) is 1.41. The van der Waals surface area contributed by atoms with Crippen molar-refractivity contribution in [3.05, 3.63) is 22.1 Å². The summed E-state index contributed by atoms with van der Waals surface area (Å²) in [5, 5.41) is 2.49. The van der Waals surface area contributed by atoms with Crippen molar-refractivity contribution in [2.24, 2.45) is 0 Å². The SMILES string of the molecule is Cc1cc(=O)nc2n1CC(=O)N2. The molecule has 1 aromatic rings. The molecule has 12 heavy (non-hydrogen) atoms. The maximum atomic E-state index is 10.9. The molecule has 0 unspecified atom stereocenters. The van der Waals surface area contributed by atoms with Crippen LogP contribution in [0.15, 0.2) is 10.9 Å². The van der Waals surface area contributed by atoms with Gasteiger partial charge in [0.25, 0.3) is 5.56 Å². The predicted octanol–water partition coefficient (Wildman–Crippen LogP) is -0.496. The van der Waals surface area contributed by atoms with Gasteiger partial charge in [0.1, 0.15) is 6.54 Å². The van der Waals surface area contributed by atoms with Crippen LogP contribution in [-0.2, 0) is 11.3 Å². The Hall–Kier alpha value is -1.65. The third-order valence-electron chi connectivity index (χ3n) is 1.78. The first-order valence-electron chi connectivity index (χ1n) is 3.55. The van der Waals surface area contributed by atoms with Crippen LogP contribution >= 0.6 is 0 Å². The highest BCUT2D eigenvalue weighted by molar-refractivity contribution is 5.92. The van der Waals surface area contributed by atoms with Crippen molar-refractivity contribution in [1.29, 1.82) is 0 Å². The van der Waals surface area contributed by atoms with Gasteiger partial charge in [0, 0.05) is 11.8 Å². The minimum absolute atomic E-state index is 0.129. The molecule has 0 fully saturated rings. The van der Waals surface area contributed by atoms with E-state index in [0.717, 1.165) is 5.69 Å². The molecule has 0 aliphatic carbocycles. The molecule has 1 N–H and O–H groups in total. The second-order valence-electron chi connectivity index (χ2n) is 2.69. The molecule has 1 aromatic heterocycles. The third kappa shape index (κ3) is 0.903. The third-order valence-corrected chi connectivity index (χ3v) is 1.78. The quantitative estimate of drug-likeness (QED) is 0.563. The number of carbonyl (C=O) groups is 1. The van der Waals surface area contributed by atoms with E-state index in [1.165, 1.54) is 6.07 Å². The van der Waals surface area contributed by atoms with Crippen molar-refractivity contribution in [3.63, 3.8) is 0 Å². The molecule has 1 aliphatic rings. The molecule has 0 spiro atoms. The molecule has 5 nitrogen and oxygen atoms in total. The van der Waals surface area contributed by atoms with E-state index in [9.17, 15) is 9.59 Å². The van der Waals surface area contributed by atoms with Crippen LogP contribution in [0.1, 0.15) is 5.69 Å². The zero-order valence-electron chi connectivity index (χ0n) is 6.50. The van der Waals surface area contributed by atoms with Crippen molar-refractivity contribution >= 4 is 11.9 Å². The molecule has 0 bridgehead atoms. The number of hydrogen-bond donors (Lipinski definition) is 1. The Morgan fingerprint density at radius 3 is 3.08 bits per heavy atom. The van der Waals surface area contributed by atoms with Gasteiger partial charge < -0.3 is 4.57 Å². The lowest BCUT2D eigenvalue weighted by molar-refractivity contribution is -0.115. The number of carbonyl (C=O) groups excluding carboxylic acids is 1. The number of anilines is 1. The number of nitrogens with one attached hydrogen (secondary N) is 1. The lowest BCUT2D eigenvalue weighted by Crippen LogP contribution is -2.12. The molecular weight excluding hydrogens is 158 g/mol. The summed E-state index contributed by atoms with van der Waals surface area (Å²) in [5.41, 5.74) is 0.435. The van der Waals surface area contributed by atoms with E-state index in [1.807, 2.05) is 0 Å². The second kappa shape index (κ2) is 2.17. The van der Waals surface area contributed by atoms with Gasteiger partial charge in [-0.3, -0.25) is 14.9 Å². The Kier molecular flexibility index (Phi) is 1.27. The summed E-state index contributed by atoms with van der Waals surface area (Å²) < 4.78 is 1.67. The predicted molar refractivity (Wildman–Crippen MR) is 41.9 cm³/mol. The average Bonchev–Trinajstić information content (AvgIpc) is 2.29. The number of aryl methyl sites for hydroxylation is 1. The van der Waals surface area contributed by atoms with E-state index in [1.54, 1.807) is 11.5 Å². The summed E-state index contributed by atoms with van der Waals surface area (Å²) in [5.74, 6) is 0.223. The summed E-state index contributed by atoms with van der Waals surface area (Å²) in [6.07, 6.45) is 0. The number of hydrogen-bond acceptors (Lipinski definition) is 3. The highest BCUT2D eigenvalue weighted by Crippen LogP contribution is 2.11. The minimum atomic E-state index is -0.319. The van der Waals surface area contributed by atoms with Gasteiger partial charge in [-0.15, -0.1) is 0 Å². The highest BCUT2D eigenvalue weighted by atomic mass is 16.2. The molecule has 62 valence electrons. The number of aromatic nitrogens is 2. The first-order valence-corrected chi connectivity index (χ1v) is 3.55. The normalized spacial score (nSPS) is 14.2. The number of amides is 1. The molecule has 2 heterocycles. The fourth-order valence-corrected chi connectivity index (χ4v) is 1.22. The fraction of sp³-hybridized carbons (Fsp3) is 0.286. The Morgan fingerprint density at radius 2 is 2.33 bits per heavy atom. The van der Waals surface area contributed by atoms with Gasteiger partial charge >= 0.3 is 0 Å². The van der Waals surface area contributed by atoms with Crippen LogP contribution < -0.4 is 10.9 Å². The van der Waals surface area contributed by atoms with Crippen LogP contribution in [0.25, 0.3) is 0 Å². The van der Waals surface area contributed by atoms with E-state index >= 15 is 0 Å². The molecule has 0 aromatic carbocycles. The molecule has 0 atom stereocenters. The van der Waals surface area contributed by atoms with Crippen LogP contribution in [-0.4, -0.2) is 15.5 Å². The summed E-state index contributed by atoms with van der Waals surface area (Å²) in [6.45, 7) is 2.03. The van der Waals surface area contributed by atoms with Gasteiger partial charge in [-0.25, -0.2) is 0 Å². The van der Waals surface area contributed by atoms with E-state index in [4.69, 9.17) is 0 Å². The zero-order valence-corrected chi connectivity index (χ0v) is 6.50. The largest absolute Gasteiger partial charge is 0.306 e. The van der Waals surface area contributed by atoms with Crippen LogP contribution in [0.2, 0.25) is 0 Å². The van der Waals surface area contributed by atoms with Crippen molar-refractivity contribution in [2.45, 2.75) is 13.5 Å². The summed E-state index contributed by atoms with van der Waals surface area (Å²) in [4.78, 5) is 25.4. The lowest BCUT2D eigenvalue weighted by atomic mass is 10.4. The molecule has 5 heteroatoms. The first kappa shape index (κ1) is 7.02. The monoisotopic (exact) mass is 165 g/mol. The molecule has 1 amide bonds. The maximum absolute atomic E-state index is 10.9. The summed E-state index contributed by atoms with van der Waals surface area (Å²) >= 11 is 0. The van der Waals surface area contributed by atoms with E-state index in [2.05, 4.69) is 10.3 Å². The first-order chi connectivity index (χ1) is 5.66. The molecule has 1 aliphatic heterocycles. The molecular formula is C7H7N3O2. The molecule has 2 rings (SSSR count). The maximum Gasteiger partial charge on any atom is 0.274 e. The van der Waals surface area contributed by atoms with Crippen LogP contribution in [0.4, 0.5) is 5.95 Å². The average molecular weight is 165 g/mol. The molecule has 0 saturated carbocycles. The van der Waals surface area contributed by atoms with Crippen molar-refractivity contribution < 1.29 is 4.79 Å². The van der Waals surface area contributed by atoms with Crippen LogP contribution in [0.5, 0.6) is 0 Å². The minimum Gasteiger partial charge on any atom is -0.306 e. The lowest BCUT2D eigenvalue weighted by Gasteiger charge is -2.02. The smallest absolute Gasteiger partial charge is 0.274 e. The van der Waals surface area contributed by atoms with Gasteiger partial charge in [0.05, 0.1) is 0 Å². The van der Waals surface area contributed by atoms with Gasteiger partial charge in [-0.1, -0.05) is 0 Å². The Labute approximate surface area is 68.0 Å². The Morgan fingerprint density at radius 1 is 1.58 bits per heavy atom. The van der Waals surface area contributed by atoms with Gasteiger partial charge in [0.2, 0.25) is 11.9 Å². The molecule has 0 radical (unpaired) electrons. The second-order valence-corrected chi connectivity index (χ2v) is 2.69. The fourth-order valence-electron chi connectivity index (χ4n) is 1.22. The summed E-state index contributed by atoms with van der Waals surface area (Å²) in [7, 11) is 0. The molecule has 0 saturated heterocycles. The topological polar surface area (TPSA) is 64.0 Å². The van der Waals surface area contributed by atoms with Crippen LogP contribution in [0.3, 0.4) is 0 Å². The van der Waals surface area contributed by atoms with E-state index in [-0.39, 0.29) is 18.0 Å². The van der Waals surface area contributed by atoms with Crippen molar-refractivity contribution in [2.75, 3.05) is 5.32 Å². The Bertz CT molecular complexity index is 408. The van der Waals surface area contributed by atoms with E-state index in [0.29, 0.717) is 5.95 Å². The number of rotatable bonds is 0. The number of nitrogens with zero attached hydrogens (tertiary/aromatic N) is 2. The van der Waals surface area contributed by atoms with Crippen LogP contribution in [0, 0.1) is 6.92 Å². The van der Waals surface area contributed by atoms with Gasteiger partial charge in [-0.2, -0.15) is 4.98 Å². The van der Waals surface area contributed by atoms with Crippen molar-refractivity contribution in [1.82, 2.24) is 9.55 Å². The zero-order chi connectivity index (χ0) is 8.72. The van der Waals surface area contributed by atoms with E-state index < -0.39 is 0 Å². The van der Waals surface area contributed by atoms with Crippen molar-refractivity contribution in [3.8, 4) is 0 Å². The highest BCUT2D eigenvalue weighted by Gasteiger charge is 2.18. The van der Waals surface area contributed by atoms with Gasteiger partial charge in [-0.05, 0) is 6.92 Å². The standard InChI is InChI=1S/C7H7N3O2/c1-4-2-5(11)8-7-9-6(12)3-10(4)7/h2H,3H2,1H3,(H,8,9,11,12).